The van der Waals surface area contributed by atoms with Gasteiger partial charge in [-0.25, -0.2) is 0 Å². The first-order valence-corrected chi connectivity index (χ1v) is 11.6. The van der Waals surface area contributed by atoms with Crippen molar-refractivity contribution in [2.45, 2.75) is 77.2 Å². The number of halogens is 1. The van der Waals surface area contributed by atoms with Crippen molar-refractivity contribution in [1.82, 2.24) is 20.4 Å². The van der Waals surface area contributed by atoms with Gasteiger partial charge in [0.2, 0.25) is 23.6 Å². The molecule has 2 fully saturated rings. The third kappa shape index (κ3) is 5.93. The summed E-state index contributed by atoms with van der Waals surface area (Å²) in [5.41, 5.74) is 0. The first-order valence-electron chi connectivity index (χ1n) is 11.2. The van der Waals surface area contributed by atoms with Gasteiger partial charge in [0.25, 0.3) is 5.91 Å². The molecular weight excluding hydrogens is 468 g/mol. The van der Waals surface area contributed by atoms with Crippen molar-refractivity contribution in [3.05, 3.63) is 5.88 Å². The molecule has 12 heteroatoms. The molecule has 0 aliphatic carbocycles. The van der Waals surface area contributed by atoms with Crippen molar-refractivity contribution in [1.29, 1.82) is 0 Å². The number of amides is 5. The van der Waals surface area contributed by atoms with Crippen LogP contribution in [0.4, 0.5) is 0 Å². The zero-order valence-electron chi connectivity index (χ0n) is 20.0. The molecule has 0 spiro atoms. The fourth-order valence-corrected chi connectivity index (χ4v) is 4.30. The number of rotatable bonds is 10. The molecule has 5 amide bonds. The molecule has 0 aromatic carbocycles. The number of nitrogens with one attached hydrogen (secondary N) is 2. The average molecular weight is 500 g/mol. The Labute approximate surface area is 203 Å². The SMILES string of the molecule is COC1CC(=O)N([C@@H](C)C(=O)N[C@@H](C)C(=O)N2CCC[C@H]2C(=O)N[C@H](C(=O)[CH]Cl)C(C)C)C1=O. The highest BCUT2D eigenvalue weighted by molar-refractivity contribution is 6.35. The number of nitrogens with zero attached hydrogens (tertiary/aromatic N) is 2. The van der Waals surface area contributed by atoms with Gasteiger partial charge in [0.05, 0.1) is 12.5 Å². The molecule has 2 aliphatic rings. The van der Waals surface area contributed by atoms with E-state index in [1.807, 2.05) is 0 Å². The number of ketones is 1. The van der Waals surface area contributed by atoms with Crippen molar-refractivity contribution >= 4 is 46.9 Å². The van der Waals surface area contributed by atoms with Crippen LogP contribution in [0.1, 0.15) is 47.0 Å². The summed E-state index contributed by atoms with van der Waals surface area (Å²) in [5.74, 6) is -2.52. The Morgan fingerprint density at radius 1 is 1.12 bits per heavy atom. The number of carbonyl (C=O) groups excluding carboxylic acids is 6. The summed E-state index contributed by atoms with van der Waals surface area (Å²) < 4.78 is 4.97. The van der Waals surface area contributed by atoms with E-state index in [4.69, 9.17) is 16.3 Å². The number of hydrogen-bond donors (Lipinski definition) is 2. The van der Waals surface area contributed by atoms with Gasteiger partial charge in [0.15, 0.2) is 5.78 Å². The predicted octanol–water partition coefficient (Wildman–Crippen LogP) is -0.245. The fraction of sp³-hybridized carbons (Fsp3) is 0.682. The van der Waals surface area contributed by atoms with Crippen LogP contribution >= 0.6 is 11.6 Å². The summed E-state index contributed by atoms with van der Waals surface area (Å²) in [7, 11) is 1.31. The van der Waals surface area contributed by atoms with Crippen LogP contribution < -0.4 is 10.6 Å². The number of imide groups is 1. The maximum atomic E-state index is 13.0. The highest BCUT2D eigenvalue weighted by Crippen LogP contribution is 2.21. The molecule has 2 saturated heterocycles. The van der Waals surface area contributed by atoms with Gasteiger partial charge in [-0.05, 0) is 32.6 Å². The molecule has 34 heavy (non-hydrogen) atoms. The Morgan fingerprint density at radius 3 is 2.29 bits per heavy atom. The van der Waals surface area contributed by atoms with Crippen LogP contribution in [0.3, 0.4) is 0 Å². The Kier molecular flexibility index (Phi) is 9.57. The zero-order chi connectivity index (χ0) is 25.7. The van der Waals surface area contributed by atoms with Gasteiger partial charge >= 0.3 is 0 Å². The van der Waals surface area contributed by atoms with Crippen LogP contribution in [-0.4, -0.2) is 89.0 Å². The molecule has 2 heterocycles. The molecule has 2 rings (SSSR count). The molecule has 0 aromatic heterocycles. The minimum absolute atomic E-state index is 0.145. The number of Topliss-reactive ketones (excluding diaryl/α,β-unsaturated/α-hetero) is 1. The standard InChI is InChI=1S/C22H32ClN4O7/c1-11(2)18(15(28)10-23)25-20(31)14-7-6-8-26(14)21(32)12(3)24-19(30)13(4)27-17(29)9-16(34-5)22(27)33/h10-14,16,18H,6-9H2,1-5H3,(H,24,30)(H,25,31)/t12-,13-,14-,16?,18-/m0/s1. The van der Waals surface area contributed by atoms with E-state index in [-0.39, 0.29) is 12.3 Å². The first kappa shape index (κ1) is 27.7. The van der Waals surface area contributed by atoms with E-state index < -0.39 is 65.6 Å². The largest absolute Gasteiger partial charge is 0.371 e. The number of likely N-dealkylation sites (tertiary alicyclic amines) is 2. The van der Waals surface area contributed by atoms with Gasteiger partial charge in [0.1, 0.15) is 30.1 Å². The molecule has 0 saturated carbocycles. The lowest BCUT2D eigenvalue weighted by molar-refractivity contribution is -0.149. The van der Waals surface area contributed by atoms with Crippen LogP contribution in [0.2, 0.25) is 0 Å². The maximum Gasteiger partial charge on any atom is 0.259 e. The quantitative estimate of drug-likeness (QED) is 0.395. The third-order valence-corrected chi connectivity index (χ3v) is 6.35. The minimum atomic E-state index is -1.13. The van der Waals surface area contributed by atoms with Crippen LogP contribution in [0.15, 0.2) is 0 Å². The molecule has 0 aromatic rings. The second kappa shape index (κ2) is 11.7. The van der Waals surface area contributed by atoms with E-state index >= 15 is 0 Å². The Bertz CT molecular complexity index is 849. The molecular formula is C22H32ClN4O7. The summed E-state index contributed by atoms with van der Waals surface area (Å²) in [6.07, 6.45) is -0.0812. The van der Waals surface area contributed by atoms with E-state index in [9.17, 15) is 28.8 Å². The van der Waals surface area contributed by atoms with Gasteiger partial charge in [-0.15, -0.1) is 11.6 Å². The number of carbonyl (C=O) groups is 6. The van der Waals surface area contributed by atoms with Crippen LogP contribution in [0.5, 0.6) is 0 Å². The summed E-state index contributed by atoms with van der Waals surface area (Å²) in [6.45, 7) is 6.71. The van der Waals surface area contributed by atoms with Gasteiger partial charge in [-0.1, -0.05) is 13.8 Å². The van der Waals surface area contributed by atoms with E-state index in [0.717, 1.165) is 10.8 Å². The Hall–Kier alpha value is -2.53. The molecule has 189 valence electrons. The second-order valence-electron chi connectivity index (χ2n) is 8.87. The second-order valence-corrected chi connectivity index (χ2v) is 9.09. The number of methoxy groups -OCH3 is 1. The smallest absolute Gasteiger partial charge is 0.259 e. The lowest BCUT2D eigenvalue weighted by Gasteiger charge is -2.30. The molecule has 5 atom stereocenters. The van der Waals surface area contributed by atoms with E-state index in [1.165, 1.54) is 25.9 Å². The molecule has 2 aliphatic heterocycles. The Morgan fingerprint density at radius 2 is 1.76 bits per heavy atom. The van der Waals surface area contributed by atoms with Crippen molar-refractivity contribution in [3.8, 4) is 0 Å². The first-order chi connectivity index (χ1) is 15.9. The van der Waals surface area contributed by atoms with E-state index in [1.54, 1.807) is 13.8 Å². The van der Waals surface area contributed by atoms with E-state index in [0.29, 0.717) is 19.4 Å². The normalized spacial score (nSPS) is 23.1. The van der Waals surface area contributed by atoms with Crippen LogP contribution in [0, 0.1) is 11.8 Å². The van der Waals surface area contributed by atoms with Gasteiger partial charge in [0, 0.05) is 13.7 Å². The summed E-state index contributed by atoms with van der Waals surface area (Å²) >= 11 is 5.53. The van der Waals surface area contributed by atoms with Gasteiger partial charge in [-0.2, -0.15) is 0 Å². The minimum Gasteiger partial charge on any atom is -0.371 e. The average Bonchev–Trinajstić information content (AvgIpc) is 3.39. The topological polar surface area (TPSA) is 142 Å². The zero-order valence-corrected chi connectivity index (χ0v) is 20.8. The fourth-order valence-electron chi connectivity index (χ4n) is 4.16. The lowest BCUT2D eigenvalue weighted by Crippen LogP contribution is -2.57. The molecule has 11 nitrogen and oxygen atoms in total. The maximum absolute atomic E-state index is 13.0. The molecule has 0 bridgehead atoms. The molecule has 2 N–H and O–H groups in total. The molecule has 1 radical (unpaired) electrons. The van der Waals surface area contributed by atoms with Crippen molar-refractivity contribution < 1.29 is 33.5 Å². The number of ether oxygens (including phenoxy) is 1. The van der Waals surface area contributed by atoms with Crippen molar-refractivity contribution in [2.75, 3.05) is 13.7 Å². The van der Waals surface area contributed by atoms with Gasteiger partial charge < -0.3 is 20.3 Å². The lowest BCUT2D eigenvalue weighted by atomic mass is 10.00. The third-order valence-electron chi connectivity index (χ3n) is 6.14. The Balaban J connectivity index is 2.03. The monoisotopic (exact) mass is 499 g/mol. The summed E-state index contributed by atoms with van der Waals surface area (Å²) in [4.78, 5) is 77.2. The van der Waals surface area contributed by atoms with Crippen LogP contribution in [0.25, 0.3) is 0 Å². The highest BCUT2D eigenvalue weighted by atomic mass is 35.5. The van der Waals surface area contributed by atoms with E-state index in [2.05, 4.69) is 10.6 Å². The molecule has 1 unspecified atom stereocenters. The predicted molar refractivity (Wildman–Crippen MR) is 121 cm³/mol. The number of hydrogen-bond acceptors (Lipinski definition) is 7. The van der Waals surface area contributed by atoms with Crippen molar-refractivity contribution in [3.63, 3.8) is 0 Å². The van der Waals surface area contributed by atoms with Gasteiger partial charge in [-0.3, -0.25) is 33.7 Å². The highest BCUT2D eigenvalue weighted by Gasteiger charge is 2.44. The summed E-state index contributed by atoms with van der Waals surface area (Å²) in [6, 6.07) is -3.74. The summed E-state index contributed by atoms with van der Waals surface area (Å²) in [5, 5.41) is 5.20. The van der Waals surface area contributed by atoms with Crippen molar-refractivity contribution in [2.24, 2.45) is 5.92 Å². The van der Waals surface area contributed by atoms with Crippen LogP contribution in [-0.2, 0) is 33.5 Å².